The van der Waals surface area contributed by atoms with Crippen molar-refractivity contribution in [3.63, 3.8) is 0 Å². The molecule has 1 heterocycles. The summed E-state index contributed by atoms with van der Waals surface area (Å²) in [5, 5.41) is 11.8. The fraction of sp³-hybridized carbons (Fsp3) is 0.533. The van der Waals surface area contributed by atoms with Crippen LogP contribution in [-0.4, -0.2) is 20.2 Å². The zero-order valence-electron chi connectivity index (χ0n) is 12.6. The highest BCUT2D eigenvalue weighted by Crippen LogP contribution is 2.25. The lowest BCUT2D eigenvalue weighted by atomic mass is 9.99. The standard InChI is InChI=1S/C15H22FN5/c1-3-5-6-11(4-2)10-21-15(18-19-20-21)13-9-12(16)7-8-14(13)17/h7-9,11H,3-6,10,17H2,1-2H3. The van der Waals surface area contributed by atoms with Crippen molar-refractivity contribution in [2.45, 2.75) is 46.1 Å². The Morgan fingerprint density at radius 3 is 2.86 bits per heavy atom. The molecular weight excluding hydrogens is 269 g/mol. The lowest BCUT2D eigenvalue weighted by Crippen LogP contribution is -2.13. The zero-order chi connectivity index (χ0) is 15.2. The van der Waals surface area contributed by atoms with Crippen molar-refractivity contribution in [1.29, 1.82) is 0 Å². The van der Waals surface area contributed by atoms with Gasteiger partial charge in [0.05, 0.1) is 0 Å². The molecule has 1 unspecified atom stereocenters. The minimum Gasteiger partial charge on any atom is -0.398 e. The van der Waals surface area contributed by atoms with Crippen LogP contribution in [-0.2, 0) is 6.54 Å². The van der Waals surface area contributed by atoms with Crippen LogP contribution in [0.4, 0.5) is 10.1 Å². The van der Waals surface area contributed by atoms with E-state index in [1.807, 2.05) is 0 Å². The third-order valence-electron chi connectivity index (χ3n) is 3.76. The van der Waals surface area contributed by atoms with Gasteiger partial charge < -0.3 is 5.73 Å². The summed E-state index contributed by atoms with van der Waals surface area (Å²) in [5.41, 5.74) is 6.94. The quantitative estimate of drug-likeness (QED) is 0.795. The lowest BCUT2D eigenvalue weighted by Gasteiger charge is -2.15. The van der Waals surface area contributed by atoms with Gasteiger partial charge in [0.15, 0.2) is 5.82 Å². The van der Waals surface area contributed by atoms with Gasteiger partial charge in [0.2, 0.25) is 0 Å². The van der Waals surface area contributed by atoms with Crippen LogP contribution in [0.5, 0.6) is 0 Å². The largest absolute Gasteiger partial charge is 0.398 e. The first-order chi connectivity index (χ1) is 10.2. The lowest BCUT2D eigenvalue weighted by molar-refractivity contribution is 0.370. The number of benzene rings is 1. The highest BCUT2D eigenvalue weighted by atomic mass is 19.1. The van der Waals surface area contributed by atoms with Gasteiger partial charge in [-0.1, -0.05) is 33.1 Å². The molecule has 1 atom stereocenters. The fourth-order valence-electron chi connectivity index (χ4n) is 2.40. The molecule has 114 valence electrons. The molecule has 1 aromatic carbocycles. The molecule has 0 aliphatic rings. The van der Waals surface area contributed by atoms with Crippen molar-refractivity contribution >= 4 is 5.69 Å². The first kappa shape index (κ1) is 15.4. The average Bonchev–Trinajstić information content (AvgIpc) is 2.93. The summed E-state index contributed by atoms with van der Waals surface area (Å²) in [7, 11) is 0. The van der Waals surface area contributed by atoms with Crippen LogP contribution < -0.4 is 5.73 Å². The van der Waals surface area contributed by atoms with Crippen molar-refractivity contribution in [3.8, 4) is 11.4 Å². The van der Waals surface area contributed by atoms with Gasteiger partial charge in [-0.25, -0.2) is 9.07 Å². The van der Waals surface area contributed by atoms with Gasteiger partial charge in [-0.05, 0) is 41.0 Å². The van der Waals surface area contributed by atoms with E-state index in [9.17, 15) is 4.39 Å². The first-order valence-electron chi connectivity index (χ1n) is 7.47. The van der Waals surface area contributed by atoms with Crippen LogP contribution in [0, 0.1) is 11.7 Å². The number of aromatic nitrogens is 4. The van der Waals surface area contributed by atoms with Crippen LogP contribution in [0.15, 0.2) is 18.2 Å². The van der Waals surface area contributed by atoms with Gasteiger partial charge in [0, 0.05) is 17.8 Å². The zero-order valence-corrected chi connectivity index (χ0v) is 12.6. The molecule has 6 heteroatoms. The third-order valence-corrected chi connectivity index (χ3v) is 3.76. The molecule has 0 fully saturated rings. The monoisotopic (exact) mass is 291 g/mol. The maximum atomic E-state index is 13.4. The highest BCUT2D eigenvalue weighted by molar-refractivity contribution is 5.71. The van der Waals surface area contributed by atoms with Crippen LogP contribution in [0.3, 0.4) is 0 Å². The Hall–Kier alpha value is -1.98. The summed E-state index contributed by atoms with van der Waals surface area (Å²) in [6, 6.07) is 4.26. The minimum atomic E-state index is -0.341. The summed E-state index contributed by atoms with van der Waals surface area (Å²) < 4.78 is 15.2. The molecule has 0 aliphatic heterocycles. The molecule has 0 saturated heterocycles. The predicted molar refractivity (Wildman–Crippen MR) is 80.9 cm³/mol. The molecular formula is C15H22FN5. The number of hydrogen-bond donors (Lipinski definition) is 1. The van der Waals surface area contributed by atoms with Crippen molar-refractivity contribution in [2.75, 3.05) is 5.73 Å². The number of nitrogens with zero attached hydrogens (tertiary/aromatic N) is 4. The molecule has 21 heavy (non-hydrogen) atoms. The van der Waals surface area contributed by atoms with Crippen molar-refractivity contribution in [2.24, 2.45) is 5.92 Å². The van der Waals surface area contributed by atoms with Gasteiger partial charge in [-0.15, -0.1) is 5.10 Å². The van der Waals surface area contributed by atoms with Crippen molar-refractivity contribution in [1.82, 2.24) is 20.2 Å². The average molecular weight is 291 g/mol. The Kier molecular flexibility index (Phi) is 5.25. The normalized spacial score (nSPS) is 12.5. The number of tetrazole rings is 1. The van der Waals surface area contributed by atoms with E-state index in [0.717, 1.165) is 19.4 Å². The number of unbranched alkanes of at least 4 members (excludes halogenated alkanes) is 1. The molecule has 0 aliphatic carbocycles. The third kappa shape index (κ3) is 3.77. The number of nitrogens with two attached hydrogens (primary N) is 1. The van der Waals surface area contributed by atoms with Gasteiger partial charge in [0.25, 0.3) is 0 Å². The molecule has 2 rings (SSSR count). The van der Waals surface area contributed by atoms with E-state index in [4.69, 9.17) is 5.73 Å². The molecule has 0 spiro atoms. The maximum absolute atomic E-state index is 13.4. The van der Waals surface area contributed by atoms with E-state index < -0.39 is 0 Å². The van der Waals surface area contributed by atoms with E-state index in [-0.39, 0.29) is 5.82 Å². The van der Waals surface area contributed by atoms with Gasteiger partial charge in [-0.3, -0.25) is 0 Å². The van der Waals surface area contributed by atoms with E-state index in [2.05, 4.69) is 29.4 Å². The number of hydrogen-bond acceptors (Lipinski definition) is 4. The van der Waals surface area contributed by atoms with Crippen molar-refractivity contribution in [3.05, 3.63) is 24.0 Å². The Balaban J connectivity index is 2.23. The molecule has 0 radical (unpaired) electrons. The number of rotatable bonds is 7. The number of nitrogen functional groups attached to an aromatic ring is 1. The topological polar surface area (TPSA) is 69.6 Å². The first-order valence-corrected chi connectivity index (χ1v) is 7.47. The fourth-order valence-corrected chi connectivity index (χ4v) is 2.40. The second kappa shape index (κ2) is 7.15. The van der Waals surface area contributed by atoms with Crippen LogP contribution in [0.25, 0.3) is 11.4 Å². The number of anilines is 1. The summed E-state index contributed by atoms with van der Waals surface area (Å²) in [4.78, 5) is 0. The van der Waals surface area contributed by atoms with Gasteiger partial charge >= 0.3 is 0 Å². The van der Waals surface area contributed by atoms with Crippen LogP contribution in [0.2, 0.25) is 0 Å². The van der Waals surface area contributed by atoms with Crippen LogP contribution in [0.1, 0.15) is 39.5 Å². The van der Waals surface area contributed by atoms with E-state index in [1.54, 1.807) is 4.68 Å². The second-order valence-corrected chi connectivity index (χ2v) is 5.33. The summed E-state index contributed by atoms with van der Waals surface area (Å²) in [6.07, 6.45) is 4.58. The summed E-state index contributed by atoms with van der Waals surface area (Å²) in [5.74, 6) is 0.704. The molecule has 2 aromatic rings. The smallest absolute Gasteiger partial charge is 0.184 e. The molecule has 5 nitrogen and oxygen atoms in total. The highest BCUT2D eigenvalue weighted by Gasteiger charge is 2.16. The Labute approximate surface area is 124 Å². The van der Waals surface area contributed by atoms with Gasteiger partial charge in [0.1, 0.15) is 5.82 Å². The Morgan fingerprint density at radius 2 is 2.14 bits per heavy atom. The van der Waals surface area contributed by atoms with E-state index in [1.165, 1.54) is 31.0 Å². The number of halogens is 1. The maximum Gasteiger partial charge on any atom is 0.184 e. The molecule has 2 N–H and O–H groups in total. The predicted octanol–water partition coefficient (Wildman–Crippen LogP) is 3.28. The molecule has 0 bridgehead atoms. The van der Waals surface area contributed by atoms with E-state index >= 15 is 0 Å². The summed E-state index contributed by atoms with van der Waals surface area (Å²) in [6.45, 7) is 5.08. The molecule has 0 amide bonds. The molecule has 1 aromatic heterocycles. The Morgan fingerprint density at radius 1 is 1.33 bits per heavy atom. The second-order valence-electron chi connectivity index (χ2n) is 5.33. The SMILES string of the molecule is CCCCC(CC)Cn1nnnc1-c1cc(F)ccc1N. The molecule has 0 saturated carbocycles. The van der Waals surface area contributed by atoms with Gasteiger partial charge in [-0.2, -0.15) is 0 Å². The van der Waals surface area contributed by atoms with Crippen molar-refractivity contribution < 1.29 is 4.39 Å². The Bertz CT molecular complexity index is 581. The summed E-state index contributed by atoms with van der Waals surface area (Å²) >= 11 is 0. The minimum absolute atomic E-state index is 0.341. The van der Waals surface area contributed by atoms with Crippen LogP contribution >= 0.6 is 0 Å². The van der Waals surface area contributed by atoms with E-state index in [0.29, 0.717) is 23.0 Å².